The van der Waals surface area contributed by atoms with Gasteiger partial charge in [-0.1, -0.05) is 84.1 Å². The third-order valence-corrected chi connectivity index (χ3v) is 18.8. The summed E-state index contributed by atoms with van der Waals surface area (Å²) in [5.74, 6) is 2.95. The molecular formula is C51H87N5O5S. The Balaban J connectivity index is 1.22. The van der Waals surface area contributed by atoms with Gasteiger partial charge in [-0.05, 0) is 156 Å². The molecule has 2 aromatic carbocycles. The third kappa shape index (κ3) is 10.9. The van der Waals surface area contributed by atoms with E-state index >= 15 is 0 Å². The van der Waals surface area contributed by atoms with E-state index in [1.165, 1.54) is 38.5 Å². The van der Waals surface area contributed by atoms with E-state index in [0.29, 0.717) is 104 Å². The maximum Gasteiger partial charge on any atom is 0.243 e. The van der Waals surface area contributed by atoms with Gasteiger partial charge >= 0.3 is 0 Å². The van der Waals surface area contributed by atoms with Gasteiger partial charge in [0.1, 0.15) is 0 Å². The van der Waals surface area contributed by atoms with Gasteiger partial charge in [-0.15, -0.1) is 0 Å². The molecule has 4 aliphatic rings. The lowest BCUT2D eigenvalue weighted by Gasteiger charge is -2.65. The molecule has 0 heterocycles. The Morgan fingerprint density at radius 2 is 1.40 bits per heavy atom. The molecule has 0 spiro atoms. The van der Waals surface area contributed by atoms with Crippen molar-refractivity contribution in [1.29, 1.82) is 0 Å². The van der Waals surface area contributed by atoms with Crippen LogP contribution in [0.15, 0.2) is 41.3 Å². The Morgan fingerprint density at radius 3 is 2.15 bits per heavy atom. The number of anilines is 1. The summed E-state index contributed by atoms with van der Waals surface area (Å²) in [6, 6.07) is 11.1. The Morgan fingerprint density at radius 1 is 0.742 bits per heavy atom. The lowest BCUT2D eigenvalue weighted by Crippen LogP contribution is -2.63. The predicted octanol–water partition coefficient (Wildman–Crippen LogP) is 9.27. The van der Waals surface area contributed by atoms with Crippen molar-refractivity contribution in [3.05, 3.63) is 36.4 Å². The minimum Gasteiger partial charge on any atom is -0.398 e. The number of ether oxygens (including phenoxy) is 3. The molecule has 11 atom stereocenters. The summed E-state index contributed by atoms with van der Waals surface area (Å²) in [7, 11) is -3.75. The molecule has 62 heavy (non-hydrogen) atoms. The third-order valence-electron chi connectivity index (χ3n) is 16.9. The summed E-state index contributed by atoms with van der Waals surface area (Å²) >= 11 is 0. The van der Waals surface area contributed by atoms with Gasteiger partial charge < -0.3 is 37.1 Å². The molecule has 2 aromatic rings. The molecule has 4 fully saturated rings. The topological polar surface area (TPSA) is 169 Å². The monoisotopic (exact) mass is 882 g/mol. The molecule has 11 heteroatoms. The Hall–Kier alpha value is -1.83. The van der Waals surface area contributed by atoms with E-state index in [9.17, 15) is 8.42 Å². The SMILES string of the molecule is CCCCCCCCN(CCC[C@@H](C)[C@H]1CC[C@H]2C3[C@H](OCCCN)CC4C[C@H](OCCCN)CC[C@]4(C)[C@H]3C[C@H](OCCCN)[C@]12C)S(=O)(=O)c1cccc2c(N)cccc12. The van der Waals surface area contributed by atoms with Crippen molar-refractivity contribution in [3.63, 3.8) is 0 Å². The lowest BCUT2D eigenvalue weighted by atomic mass is 9.43. The van der Waals surface area contributed by atoms with Crippen molar-refractivity contribution in [2.24, 2.45) is 63.5 Å². The highest BCUT2D eigenvalue weighted by Gasteiger charge is 2.66. The number of unbranched alkanes of at least 4 members (excludes halogenated alkanes) is 5. The zero-order chi connectivity index (χ0) is 44.3. The second-order valence-corrected chi connectivity index (χ2v) is 22.4. The van der Waals surface area contributed by atoms with Gasteiger partial charge in [-0.3, -0.25) is 0 Å². The molecule has 0 bridgehead atoms. The standard InChI is InChI=1S/C51H87N5O5S/c1-5-6-7-8-9-10-29-56(62(57,58)47-21-12-18-40-41(47)19-11-20-45(40)55)30-13-17-37(2)42-22-23-43-49-44(36-48(51(42,43)4)61-33-16-28-54)50(3)25-24-39(59-31-14-26-52)34-38(50)35-46(49)60-32-15-27-53/h11-12,18-21,37-39,42-44,46,48-49H,5-10,13-17,22-36,52-55H2,1-4H3/t37-,38?,39-,42-,43+,44+,46-,48+,49?,50+,51-/m1/s1. The molecule has 0 saturated heterocycles. The van der Waals surface area contributed by atoms with E-state index in [1.807, 2.05) is 30.3 Å². The van der Waals surface area contributed by atoms with Crippen LogP contribution in [0.4, 0.5) is 5.69 Å². The van der Waals surface area contributed by atoms with Gasteiger partial charge in [0.15, 0.2) is 0 Å². The van der Waals surface area contributed by atoms with Crippen LogP contribution < -0.4 is 22.9 Å². The van der Waals surface area contributed by atoms with Gasteiger partial charge in [-0.2, -0.15) is 4.31 Å². The van der Waals surface area contributed by atoms with Gasteiger partial charge in [0.2, 0.25) is 10.0 Å². The molecule has 0 aromatic heterocycles. The van der Waals surface area contributed by atoms with E-state index in [0.717, 1.165) is 89.0 Å². The Labute approximate surface area is 376 Å². The molecule has 0 aliphatic heterocycles. The molecule has 0 radical (unpaired) electrons. The minimum atomic E-state index is -3.75. The summed E-state index contributed by atoms with van der Waals surface area (Å²) < 4.78 is 51.6. The van der Waals surface area contributed by atoms with E-state index in [2.05, 4.69) is 27.7 Å². The number of benzene rings is 2. The second-order valence-electron chi connectivity index (χ2n) is 20.5. The first-order valence-corrected chi connectivity index (χ1v) is 26.6. The minimum absolute atomic E-state index is 0.0104. The van der Waals surface area contributed by atoms with E-state index in [1.54, 1.807) is 10.4 Å². The predicted molar refractivity (Wildman–Crippen MR) is 255 cm³/mol. The number of nitrogens with two attached hydrogens (primary N) is 4. The first-order valence-electron chi connectivity index (χ1n) is 25.2. The zero-order valence-corrected chi connectivity index (χ0v) is 40.1. The molecule has 2 unspecified atom stereocenters. The largest absolute Gasteiger partial charge is 0.398 e. The molecule has 8 N–H and O–H groups in total. The van der Waals surface area contributed by atoms with E-state index < -0.39 is 10.0 Å². The zero-order valence-electron chi connectivity index (χ0n) is 39.3. The van der Waals surface area contributed by atoms with Crippen molar-refractivity contribution in [1.82, 2.24) is 4.31 Å². The van der Waals surface area contributed by atoms with Crippen molar-refractivity contribution in [3.8, 4) is 0 Å². The highest BCUT2D eigenvalue weighted by Crippen LogP contribution is 2.69. The van der Waals surface area contributed by atoms with Gasteiger partial charge in [0.05, 0.1) is 23.2 Å². The first-order chi connectivity index (χ1) is 29.9. The summed E-state index contributed by atoms with van der Waals surface area (Å²) in [6.07, 6.45) is 19.7. The fourth-order valence-electron chi connectivity index (χ4n) is 13.5. The van der Waals surface area contributed by atoms with Crippen LogP contribution in [-0.4, -0.2) is 83.6 Å². The van der Waals surface area contributed by atoms with Crippen LogP contribution in [0.5, 0.6) is 0 Å². The summed E-state index contributed by atoms with van der Waals surface area (Å²) in [4.78, 5) is 0.362. The van der Waals surface area contributed by atoms with Gasteiger partial charge in [-0.25, -0.2) is 8.42 Å². The molecule has 4 aliphatic carbocycles. The first kappa shape index (κ1) is 49.6. The fraction of sp³-hybridized carbons (Fsp3) is 0.804. The number of nitrogens with zero attached hydrogens (tertiary/aromatic N) is 1. The van der Waals surface area contributed by atoms with Crippen LogP contribution >= 0.6 is 0 Å². The molecule has 10 nitrogen and oxygen atoms in total. The van der Waals surface area contributed by atoms with Gasteiger partial charge in [0.25, 0.3) is 0 Å². The smallest absolute Gasteiger partial charge is 0.243 e. The maximum absolute atomic E-state index is 14.7. The quantitative estimate of drug-likeness (QED) is 0.0532. The number of fused-ring (bicyclic) bond motifs is 6. The van der Waals surface area contributed by atoms with E-state index in [-0.39, 0.29) is 23.0 Å². The number of hydrogen-bond acceptors (Lipinski definition) is 9. The molecule has 352 valence electrons. The second kappa shape index (κ2) is 23.1. The van der Waals surface area contributed by atoms with Crippen LogP contribution in [0, 0.1) is 46.3 Å². The van der Waals surface area contributed by atoms with Crippen LogP contribution in [0.1, 0.15) is 143 Å². The lowest BCUT2D eigenvalue weighted by molar-refractivity contribution is -0.227. The van der Waals surface area contributed by atoms with Crippen molar-refractivity contribution in [2.45, 2.75) is 166 Å². The van der Waals surface area contributed by atoms with Crippen LogP contribution in [0.25, 0.3) is 10.8 Å². The van der Waals surface area contributed by atoms with Gasteiger partial charge in [0, 0.05) is 54.8 Å². The summed E-state index contributed by atoms with van der Waals surface area (Å²) in [6.45, 7) is 15.0. The number of sulfonamides is 1. The molecule has 4 saturated carbocycles. The van der Waals surface area contributed by atoms with E-state index in [4.69, 9.17) is 37.1 Å². The molecule has 6 rings (SSSR count). The Kier molecular flexibility index (Phi) is 18.5. The summed E-state index contributed by atoms with van der Waals surface area (Å²) in [5, 5.41) is 1.49. The average molecular weight is 882 g/mol. The van der Waals surface area contributed by atoms with Crippen LogP contribution in [-0.2, 0) is 24.2 Å². The average Bonchev–Trinajstić information content (AvgIpc) is 3.62. The Bertz CT molecular complexity index is 1780. The fourth-order valence-corrected chi connectivity index (χ4v) is 15.2. The summed E-state index contributed by atoms with van der Waals surface area (Å²) in [5.41, 5.74) is 25.1. The normalized spacial score (nSPS) is 31.5. The number of hydrogen-bond donors (Lipinski definition) is 4. The van der Waals surface area contributed by atoms with Crippen LogP contribution in [0.2, 0.25) is 0 Å². The number of nitrogen functional groups attached to an aromatic ring is 1. The maximum atomic E-state index is 14.7. The number of rotatable bonds is 26. The van der Waals surface area contributed by atoms with Crippen molar-refractivity contribution in [2.75, 3.05) is 58.3 Å². The highest BCUT2D eigenvalue weighted by molar-refractivity contribution is 7.89. The van der Waals surface area contributed by atoms with Crippen molar-refractivity contribution >= 4 is 26.5 Å². The van der Waals surface area contributed by atoms with Crippen LogP contribution in [0.3, 0.4) is 0 Å². The molecular weight excluding hydrogens is 795 g/mol. The molecule has 0 amide bonds. The van der Waals surface area contributed by atoms with Crippen molar-refractivity contribution < 1.29 is 22.6 Å². The highest BCUT2D eigenvalue weighted by atomic mass is 32.2.